The van der Waals surface area contributed by atoms with Gasteiger partial charge in [-0.15, -0.1) is 0 Å². The zero-order chi connectivity index (χ0) is 9.68. The van der Waals surface area contributed by atoms with E-state index in [1.54, 1.807) is 0 Å². The first kappa shape index (κ1) is 10.2. The normalized spacial score (nSPS) is 17.2. The second-order valence-electron chi connectivity index (χ2n) is 3.19. The van der Waals surface area contributed by atoms with Gasteiger partial charge in [0.1, 0.15) is 0 Å². The predicted octanol–water partition coefficient (Wildman–Crippen LogP) is 0.135. The lowest BCUT2D eigenvalue weighted by Crippen LogP contribution is -2.35. The summed E-state index contributed by atoms with van der Waals surface area (Å²) in [6.45, 7) is 4.26. The molecule has 1 aliphatic heterocycles. The van der Waals surface area contributed by atoms with Gasteiger partial charge in [0.15, 0.2) is 0 Å². The molecule has 4 nitrogen and oxygen atoms in total. The van der Waals surface area contributed by atoms with Gasteiger partial charge in [-0.25, -0.2) is 0 Å². The van der Waals surface area contributed by atoms with Crippen LogP contribution in [-0.2, 0) is 9.59 Å². The number of hydrogen-bond acceptors (Lipinski definition) is 3. The molecule has 4 heteroatoms. The fourth-order valence-electron chi connectivity index (χ4n) is 1.36. The zero-order valence-corrected chi connectivity index (χ0v) is 8.01. The van der Waals surface area contributed by atoms with Crippen molar-refractivity contribution < 1.29 is 9.59 Å². The lowest BCUT2D eigenvalue weighted by molar-refractivity contribution is -0.138. The van der Waals surface area contributed by atoms with Gasteiger partial charge in [0.25, 0.3) is 0 Å². The highest BCUT2D eigenvalue weighted by Gasteiger charge is 2.27. The summed E-state index contributed by atoms with van der Waals surface area (Å²) in [6, 6.07) is 0. The number of rotatable bonds is 5. The molecule has 13 heavy (non-hydrogen) atoms. The van der Waals surface area contributed by atoms with Crippen LogP contribution in [-0.4, -0.2) is 36.3 Å². The third-order valence-corrected chi connectivity index (χ3v) is 2.09. The summed E-state index contributed by atoms with van der Waals surface area (Å²) in [5, 5.41) is 3.16. The maximum Gasteiger partial charge on any atom is 0.229 e. The SMILES string of the molecule is CCCNCCN1C(=O)CCC1=O. The average Bonchev–Trinajstić information content (AvgIpc) is 2.42. The van der Waals surface area contributed by atoms with Crippen LogP contribution in [0, 0.1) is 0 Å². The van der Waals surface area contributed by atoms with E-state index in [0.29, 0.717) is 25.9 Å². The van der Waals surface area contributed by atoms with Crippen molar-refractivity contribution in [3.63, 3.8) is 0 Å². The molecule has 74 valence electrons. The van der Waals surface area contributed by atoms with Crippen molar-refractivity contribution in [3.8, 4) is 0 Å². The van der Waals surface area contributed by atoms with Crippen LogP contribution in [0.4, 0.5) is 0 Å². The van der Waals surface area contributed by atoms with Crippen LogP contribution in [0.1, 0.15) is 26.2 Å². The number of likely N-dealkylation sites (tertiary alicyclic amines) is 1. The Kier molecular flexibility index (Phi) is 3.89. The molecule has 1 fully saturated rings. The zero-order valence-electron chi connectivity index (χ0n) is 8.01. The molecule has 0 spiro atoms. The van der Waals surface area contributed by atoms with Gasteiger partial charge in [-0.1, -0.05) is 6.92 Å². The summed E-state index contributed by atoms with van der Waals surface area (Å²) < 4.78 is 0. The Morgan fingerprint density at radius 1 is 1.23 bits per heavy atom. The molecule has 0 saturated carbocycles. The molecule has 1 N–H and O–H groups in total. The fourth-order valence-corrected chi connectivity index (χ4v) is 1.36. The molecule has 1 heterocycles. The Hall–Kier alpha value is -0.900. The monoisotopic (exact) mass is 184 g/mol. The second-order valence-corrected chi connectivity index (χ2v) is 3.19. The highest BCUT2D eigenvalue weighted by molar-refractivity contribution is 6.01. The first-order valence-corrected chi connectivity index (χ1v) is 4.79. The van der Waals surface area contributed by atoms with E-state index in [-0.39, 0.29) is 11.8 Å². The van der Waals surface area contributed by atoms with E-state index in [0.717, 1.165) is 13.0 Å². The fraction of sp³-hybridized carbons (Fsp3) is 0.778. The van der Waals surface area contributed by atoms with Crippen LogP contribution in [0.5, 0.6) is 0 Å². The van der Waals surface area contributed by atoms with Crippen LogP contribution in [0.25, 0.3) is 0 Å². The van der Waals surface area contributed by atoms with Gasteiger partial charge in [0, 0.05) is 25.9 Å². The van der Waals surface area contributed by atoms with Crippen molar-refractivity contribution in [3.05, 3.63) is 0 Å². The quantitative estimate of drug-likeness (QED) is 0.488. The minimum atomic E-state index is -0.0247. The smallest absolute Gasteiger partial charge is 0.229 e. The van der Waals surface area contributed by atoms with Gasteiger partial charge in [-0.2, -0.15) is 0 Å². The van der Waals surface area contributed by atoms with E-state index >= 15 is 0 Å². The number of nitrogens with one attached hydrogen (secondary N) is 1. The van der Waals surface area contributed by atoms with Gasteiger partial charge in [0.2, 0.25) is 11.8 Å². The Balaban J connectivity index is 2.20. The maximum atomic E-state index is 11.1. The molecule has 1 aliphatic rings. The first-order valence-electron chi connectivity index (χ1n) is 4.79. The molecule has 0 aromatic heterocycles. The van der Waals surface area contributed by atoms with Crippen molar-refractivity contribution in [2.75, 3.05) is 19.6 Å². The summed E-state index contributed by atoms with van der Waals surface area (Å²) in [5.74, 6) is -0.0494. The first-order chi connectivity index (χ1) is 6.25. The average molecular weight is 184 g/mol. The predicted molar refractivity (Wildman–Crippen MR) is 49.1 cm³/mol. The lowest BCUT2D eigenvalue weighted by Gasteiger charge is -2.13. The molecule has 0 radical (unpaired) electrons. The molecule has 0 aromatic rings. The molecule has 0 aromatic carbocycles. The van der Waals surface area contributed by atoms with Gasteiger partial charge < -0.3 is 5.32 Å². The number of imide groups is 1. The van der Waals surface area contributed by atoms with Gasteiger partial charge in [-0.3, -0.25) is 14.5 Å². The number of nitrogens with zero attached hydrogens (tertiary/aromatic N) is 1. The van der Waals surface area contributed by atoms with Crippen molar-refractivity contribution in [2.45, 2.75) is 26.2 Å². The Labute approximate surface area is 78.3 Å². The Morgan fingerprint density at radius 3 is 2.38 bits per heavy atom. The molecule has 0 unspecified atom stereocenters. The van der Waals surface area contributed by atoms with E-state index in [1.807, 2.05) is 0 Å². The van der Waals surface area contributed by atoms with E-state index in [2.05, 4.69) is 12.2 Å². The Morgan fingerprint density at radius 2 is 1.85 bits per heavy atom. The lowest BCUT2D eigenvalue weighted by atomic mass is 10.4. The summed E-state index contributed by atoms with van der Waals surface area (Å²) in [5.41, 5.74) is 0. The topological polar surface area (TPSA) is 49.4 Å². The Bertz CT molecular complexity index is 188. The maximum absolute atomic E-state index is 11.1. The largest absolute Gasteiger partial charge is 0.315 e. The van der Waals surface area contributed by atoms with Crippen molar-refractivity contribution in [1.29, 1.82) is 0 Å². The highest BCUT2D eigenvalue weighted by atomic mass is 16.2. The third kappa shape index (κ3) is 2.81. The molecule has 2 amide bonds. The summed E-state index contributed by atoms with van der Waals surface area (Å²) in [4.78, 5) is 23.6. The van der Waals surface area contributed by atoms with Gasteiger partial charge >= 0.3 is 0 Å². The van der Waals surface area contributed by atoms with E-state index < -0.39 is 0 Å². The van der Waals surface area contributed by atoms with Crippen LogP contribution < -0.4 is 5.32 Å². The molecule has 0 aliphatic carbocycles. The van der Waals surface area contributed by atoms with Crippen molar-refractivity contribution >= 4 is 11.8 Å². The van der Waals surface area contributed by atoms with E-state index in [9.17, 15) is 9.59 Å². The summed E-state index contributed by atoms with van der Waals surface area (Å²) >= 11 is 0. The van der Waals surface area contributed by atoms with E-state index in [4.69, 9.17) is 0 Å². The minimum Gasteiger partial charge on any atom is -0.315 e. The molecule has 0 atom stereocenters. The van der Waals surface area contributed by atoms with Crippen LogP contribution >= 0.6 is 0 Å². The van der Waals surface area contributed by atoms with Crippen molar-refractivity contribution in [1.82, 2.24) is 10.2 Å². The molecule has 0 bridgehead atoms. The van der Waals surface area contributed by atoms with Crippen LogP contribution in [0.15, 0.2) is 0 Å². The number of hydrogen-bond donors (Lipinski definition) is 1. The number of amides is 2. The molecular weight excluding hydrogens is 168 g/mol. The van der Waals surface area contributed by atoms with Crippen molar-refractivity contribution in [2.24, 2.45) is 0 Å². The van der Waals surface area contributed by atoms with Crippen LogP contribution in [0.3, 0.4) is 0 Å². The minimum absolute atomic E-state index is 0.0247. The number of carbonyl (C=O) groups is 2. The number of carbonyl (C=O) groups excluding carboxylic acids is 2. The van der Waals surface area contributed by atoms with Gasteiger partial charge in [-0.05, 0) is 13.0 Å². The molecular formula is C9H16N2O2. The standard InChI is InChI=1S/C9H16N2O2/c1-2-5-10-6-7-11-8(12)3-4-9(11)13/h10H,2-7H2,1H3. The highest BCUT2D eigenvalue weighted by Crippen LogP contribution is 2.10. The van der Waals surface area contributed by atoms with Gasteiger partial charge in [0.05, 0.1) is 0 Å². The van der Waals surface area contributed by atoms with E-state index in [1.165, 1.54) is 4.90 Å². The third-order valence-electron chi connectivity index (χ3n) is 2.09. The second kappa shape index (κ2) is 4.97. The summed E-state index contributed by atoms with van der Waals surface area (Å²) in [7, 11) is 0. The van der Waals surface area contributed by atoms with Crippen LogP contribution in [0.2, 0.25) is 0 Å². The molecule has 1 rings (SSSR count). The summed E-state index contributed by atoms with van der Waals surface area (Å²) in [6.07, 6.45) is 1.86. The molecule has 1 saturated heterocycles.